The molecule has 1 aromatic carbocycles. The Labute approximate surface area is 186 Å². The monoisotopic (exact) mass is 453 g/mol. The van der Waals surface area contributed by atoms with Gasteiger partial charge >= 0.3 is 5.69 Å². The Balaban J connectivity index is 1.60. The summed E-state index contributed by atoms with van der Waals surface area (Å²) in [4.78, 5) is 54.1. The molecule has 0 unspecified atom stereocenters. The predicted octanol–water partition coefficient (Wildman–Crippen LogP) is -0.894. The van der Waals surface area contributed by atoms with Gasteiger partial charge in [0.25, 0.3) is 11.1 Å². The number of carbonyl (C=O) groups is 1. The zero-order chi connectivity index (χ0) is 23.7. The molecule has 0 aliphatic heterocycles. The van der Waals surface area contributed by atoms with E-state index in [1.807, 2.05) is 0 Å². The second kappa shape index (κ2) is 8.82. The molecule has 0 atom stereocenters. The SMILES string of the molecule is COCCn1nc(CNC(=O)Cn2cnc3c2c(=O)n(C)c(=O)n3C)c2ccccc2c1=O. The van der Waals surface area contributed by atoms with Gasteiger partial charge in [0.2, 0.25) is 5.91 Å². The first-order chi connectivity index (χ1) is 15.8. The molecule has 0 fully saturated rings. The standard InChI is InChI=1S/C21H23N7O5/c1-25-18-17(20(31)26(2)21(25)32)27(12-23-18)11-16(29)22-10-15-13-6-4-5-7-14(13)19(30)28(24-15)8-9-33-3/h4-7,12H,8-11H2,1-3H3,(H,22,29). The highest BCUT2D eigenvalue weighted by Crippen LogP contribution is 2.13. The third-order valence-electron chi connectivity index (χ3n) is 5.44. The summed E-state index contributed by atoms with van der Waals surface area (Å²) in [5, 5.41) is 8.33. The Hall–Kier alpha value is -4.06. The van der Waals surface area contributed by atoms with E-state index in [0.717, 1.165) is 4.57 Å². The maximum absolute atomic E-state index is 12.7. The largest absolute Gasteiger partial charge is 0.383 e. The molecular weight excluding hydrogens is 430 g/mol. The Bertz CT molecular complexity index is 1540. The maximum Gasteiger partial charge on any atom is 0.332 e. The van der Waals surface area contributed by atoms with Gasteiger partial charge in [-0.25, -0.2) is 14.5 Å². The second-order valence-corrected chi connectivity index (χ2v) is 7.54. The molecule has 3 heterocycles. The molecule has 0 aliphatic rings. The summed E-state index contributed by atoms with van der Waals surface area (Å²) >= 11 is 0. The highest BCUT2D eigenvalue weighted by molar-refractivity contribution is 5.84. The number of nitrogens with zero attached hydrogens (tertiary/aromatic N) is 6. The molecule has 0 aliphatic carbocycles. The van der Waals surface area contributed by atoms with Crippen LogP contribution in [0.15, 0.2) is 45.0 Å². The van der Waals surface area contributed by atoms with Crippen molar-refractivity contribution in [3.8, 4) is 0 Å². The van der Waals surface area contributed by atoms with Crippen molar-refractivity contribution in [2.24, 2.45) is 14.1 Å². The van der Waals surface area contributed by atoms with Crippen LogP contribution >= 0.6 is 0 Å². The van der Waals surface area contributed by atoms with Crippen LogP contribution in [-0.2, 0) is 43.3 Å². The fraction of sp³-hybridized carbons (Fsp3) is 0.333. The predicted molar refractivity (Wildman–Crippen MR) is 120 cm³/mol. The molecule has 33 heavy (non-hydrogen) atoms. The Morgan fingerprint density at radius 3 is 2.52 bits per heavy atom. The molecule has 3 aromatic heterocycles. The van der Waals surface area contributed by atoms with Crippen LogP contribution in [0.25, 0.3) is 21.9 Å². The molecule has 12 heteroatoms. The average molecular weight is 453 g/mol. The third kappa shape index (κ3) is 3.96. The lowest BCUT2D eigenvalue weighted by Gasteiger charge is -2.12. The van der Waals surface area contributed by atoms with Gasteiger partial charge in [-0.2, -0.15) is 5.10 Å². The van der Waals surface area contributed by atoms with E-state index in [4.69, 9.17) is 4.74 Å². The summed E-state index contributed by atoms with van der Waals surface area (Å²) in [5.74, 6) is -0.384. The highest BCUT2D eigenvalue weighted by Gasteiger charge is 2.17. The van der Waals surface area contributed by atoms with Crippen LogP contribution in [-0.4, -0.2) is 48.1 Å². The van der Waals surface area contributed by atoms with Gasteiger partial charge in [0.15, 0.2) is 11.2 Å². The molecule has 1 amide bonds. The van der Waals surface area contributed by atoms with E-state index in [-0.39, 0.29) is 42.3 Å². The van der Waals surface area contributed by atoms with E-state index >= 15 is 0 Å². The number of hydrogen-bond acceptors (Lipinski definition) is 7. The fourth-order valence-corrected chi connectivity index (χ4v) is 3.67. The minimum Gasteiger partial charge on any atom is -0.383 e. The number of rotatable bonds is 7. The number of fused-ring (bicyclic) bond motifs is 2. The molecule has 0 radical (unpaired) electrons. The summed E-state index contributed by atoms with van der Waals surface area (Å²) in [6.45, 7) is 0.507. The van der Waals surface area contributed by atoms with Gasteiger partial charge in [0.05, 0.1) is 37.1 Å². The molecule has 172 valence electrons. The van der Waals surface area contributed by atoms with Crippen LogP contribution in [0, 0.1) is 0 Å². The van der Waals surface area contributed by atoms with Crippen molar-refractivity contribution >= 4 is 27.8 Å². The van der Waals surface area contributed by atoms with E-state index in [2.05, 4.69) is 15.4 Å². The van der Waals surface area contributed by atoms with E-state index in [0.29, 0.717) is 23.1 Å². The second-order valence-electron chi connectivity index (χ2n) is 7.54. The van der Waals surface area contributed by atoms with Gasteiger partial charge in [-0.1, -0.05) is 18.2 Å². The molecule has 12 nitrogen and oxygen atoms in total. The fourth-order valence-electron chi connectivity index (χ4n) is 3.67. The van der Waals surface area contributed by atoms with Crippen LogP contribution in [0.4, 0.5) is 0 Å². The number of methoxy groups -OCH3 is 1. The van der Waals surface area contributed by atoms with Crippen LogP contribution in [0.1, 0.15) is 5.69 Å². The van der Waals surface area contributed by atoms with Crippen molar-refractivity contribution in [2.45, 2.75) is 19.6 Å². The zero-order valence-corrected chi connectivity index (χ0v) is 18.4. The summed E-state index contributed by atoms with van der Waals surface area (Å²) < 4.78 is 10.00. The van der Waals surface area contributed by atoms with E-state index in [1.54, 1.807) is 24.3 Å². The van der Waals surface area contributed by atoms with Gasteiger partial charge in [-0.15, -0.1) is 0 Å². The third-order valence-corrected chi connectivity index (χ3v) is 5.44. The molecule has 0 spiro atoms. The van der Waals surface area contributed by atoms with Crippen molar-refractivity contribution < 1.29 is 9.53 Å². The molecule has 4 rings (SSSR count). The van der Waals surface area contributed by atoms with Gasteiger partial charge < -0.3 is 14.6 Å². The smallest absolute Gasteiger partial charge is 0.332 e. The summed E-state index contributed by atoms with van der Waals surface area (Å²) in [5.41, 5.74) is -0.368. The number of nitrogens with one attached hydrogen (secondary N) is 1. The normalized spacial score (nSPS) is 11.4. The van der Waals surface area contributed by atoms with E-state index in [9.17, 15) is 19.2 Å². The first kappa shape index (κ1) is 22.1. The minimum absolute atomic E-state index is 0.0791. The number of hydrogen-bond donors (Lipinski definition) is 1. The minimum atomic E-state index is -0.531. The highest BCUT2D eigenvalue weighted by atomic mass is 16.5. The number of aryl methyl sites for hydroxylation is 1. The molecule has 1 N–H and O–H groups in total. The lowest BCUT2D eigenvalue weighted by molar-refractivity contribution is -0.121. The van der Waals surface area contributed by atoms with Crippen LogP contribution in [0.2, 0.25) is 0 Å². The van der Waals surface area contributed by atoms with Gasteiger partial charge in [-0.3, -0.25) is 23.5 Å². The summed E-state index contributed by atoms with van der Waals surface area (Å²) in [6.07, 6.45) is 1.35. The van der Waals surface area contributed by atoms with E-state index in [1.165, 1.54) is 41.3 Å². The first-order valence-corrected chi connectivity index (χ1v) is 10.2. The van der Waals surface area contributed by atoms with Crippen molar-refractivity contribution in [1.82, 2.24) is 33.8 Å². The number of amides is 1. The molecular formula is C21H23N7O5. The van der Waals surface area contributed by atoms with Crippen molar-refractivity contribution in [3.05, 3.63) is 67.5 Å². The summed E-state index contributed by atoms with van der Waals surface area (Å²) in [6, 6.07) is 7.06. The van der Waals surface area contributed by atoms with Gasteiger partial charge in [0, 0.05) is 26.6 Å². The lowest BCUT2D eigenvalue weighted by Crippen LogP contribution is -2.38. The van der Waals surface area contributed by atoms with Gasteiger partial charge in [-0.05, 0) is 6.07 Å². The van der Waals surface area contributed by atoms with Crippen LogP contribution in [0.5, 0.6) is 0 Å². The van der Waals surface area contributed by atoms with Crippen molar-refractivity contribution in [3.63, 3.8) is 0 Å². The Kier molecular flexibility index (Phi) is 5.92. The number of ether oxygens (including phenoxy) is 1. The Morgan fingerprint density at radius 2 is 1.79 bits per heavy atom. The van der Waals surface area contributed by atoms with E-state index < -0.39 is 11.2 Å². The molecule has 0 bridgehead atoms. The molecule has 4 aromatic rings. The number of imidazole rings is 1. The molecule has 0 saturated carbocycles. The first-order valence-electron chi connectivity index (χ1n) is 10.2. The quantitative estimate of drug-likeness (QED) is 0.383. The Morgan fingerprint density at radius 1 is 1.06 bits per heavy atom. The maximum atomic E-state index is 12.7. The molecule has 0 saturated heterocycles. The number of benzene rings is 1. The van der Waals surface area contributed by atoms with Gasteiger partial charge in [0.1, 0.15) is 6.54 Å². The topological polar surface area (TPSA) is 135 Å². The average Bonchev–Trinajstić information content (AvgIpc) is 3.24. The summed E-state index contributed by atoms with van der Waals surface area (Å²) in [7, 11) is 4.42. The lowest BCUT2D eigenvalue weighted by atomic mass is 10.1. The van der Waals surface area contributed by atoms with Crippen molar-refractivity contribution in [2.75, 3.05) is 13.7 Å². The number of carbonyl (C=O) groups excluding carboxylic acids is 1. The van der Waals surface area contributed by atoms with Crippen LogP contribution in [0.3, 0.4) is 0 Å². The number of aromatic nitrogens is 6. The van der Waals surface area contributed by atoms with Crippen molar-refractivity contribution in [1.29, 1.82) is 0 Å². The van der Waals surface area contributed by atoms with Crippen LogP contribution < -0.4 is 22.1 Å². The zero-order valence-electron chi connectivity index (χ0n) is 18.4.